The quantitative estimate of drug-likeness (QED) is 0.0944. The number of nitrogens with zero attached hydrogens (tertiary/aromatic N) is 3. The van der Waals surface area contributed by atoms with Crippen molar-refractivity contribution < 1.29 is 28.2 Å². The van der Waals surface area contributed by atoms with Gasteiger partial charge in [0.2, 0.25) is 5.91 Å². The Morgan fingerprint density at radius 3 is 2.65 bits per heavy atom. The van der Waals surface area contributed by atoms with E-state index in [0.717, 1.165) is 39.1 Å². The van der Waals surface area contributed by atoms with Crippen LogP contribution in [0.2, 0.25) is 10.0 Å². The molecule has 0 unspecified atom stereocenters. The zero-order chi connectivity index (χ0) is 37.4. The third kappa shape index (κ3) is 9.86. The number of esters is 1. The zero-order valence-electron chi connectivity index (χ0n) is 29.3. The normalized spacial score (nSPS) is 13.1. The van der Waals surface area contributed by atoms with Gasteiger partial charge in [0, 0.05) is 74.2 Å². The first-order chi connectivity index (χ1) is 24.9. The number of carbonyl (C=O) groups is 3. The van der Waals surface area contributed by atoms with Crippen molar-refractivity contribution >= 4 is 58.4 Å². The third-order valence-electron chi connectivity index (χ3n) is 8.46. The molecule has 0 fully saturated rings. The van der Waals surface area contributed by atoms with Crippen molar-refractivity contribution in [1.82, 2.24) is 15.1 Å². The molecule has 2 heterocycles. The summed E-state index contributed by atoms with van der Waals surface area (Å²) in [4.78, 5) is 40.7. The van der Waals surface area contributed by atoms with Gasteiger partial charge in [-0.3, -0.25) is 19.1 Å². The molecule has 0 spiro atoms. The molecule has 5 rings (SSSR count). The van der Waals surface area contributed by atoms with E-state index in [-0.39, 0.29) is 41.3 Å². The maximum absolute atomic E-state index is 15.3. The van der Waals surface area contributed by atoms with Crippen LogP contribution in [0.4, 0.5) is 10.1 Å². The van der Waals surface area contributed by atoms with Crippen molar-refractivity contribution in [1.29, 1.82) is 0 Å². The molecule has 14 heteroatoms. The SMILES string of the molecule is Cc1c(Cl)cccc1OCCCC(=O)N1CCSc2c(-c3cnn(Cc4c(F)cc(C(=O)NCCC[C@H](N)C(=O)OC(C)C)cc4Cl)c3)cccc21. The molecule has 3 aromatic carbocycles. The van der Waals surface area contributed by atoms with Gasteiger partial charge in [-0.25, -0.2) is 4.39 Å². The minimum atomic E-state index is -0.786. The summed E-state index contributed by atoms with van der Waals surface area (Å²) in [5, 5.41) is 7.91. The summed E-state index contributed by atoms with van der Waals surface area (Å²) in [6.07, 6.45) is 4.92. The molecule has 0 saturated heterocycles. The number of anilines is 1. The van der Waals surface area contributed by atoms with Crippen LogP contribution in [-0.4, -0.2) is 65.2 Å². The summed E-state index contributed by atoms with van der Waals surface area (Å²) in [6.45, 7) is 6.67. The molecule has 0 saturated carbocycles. The minimum absolute atomic E-state index is 0.0240. The summed E-state index contributed by atoms with van der Waals surface area (Å²) >= 11 is 14.4. The van der Waals surface area contributed by atoms with E-state index in [0.29, 0.717) is 49.6 Å². The lowest BCUT2D eigenvalue weighted by Gasteiger charge is -2.30. The number of fused-ring (bicyclic) bond motifs is 1. The van der Waals surface area contributed by atoms with E-state index >= 15 is 4.39 Å². The van der Waals surface area contributed by atoms with Gasteiger partial charge in [-0.2, -0.15) is 5.10 Å². The Labute approximate surface area is 317 Å². The van der Waals surface area contributed by atoms with E-state index in [4.69, 9.17) is 38.4 Å². The van der Waals surface area contributed by atoms with E-state index in [9.17, 15) is 14.4 Å². The van der Waals surface area contributed by atoms with Crippen LogP contribution < -0.4 is 20.7 Å². The maximum Gasteiger partial charge on any atom is 0.323 e. The molecular weight excluding hydrogens is 728 g/mol. The lowest BCUT2D eigenvalue weighted by atomic mass is 10.1. The highest BCUT2D eigenvalue weighted by Crippen LogP contribution is 2.42. The van der Waals surface area contributed by atoms with E-state index in [1.54, 1.807) is 36.5 Å². The maximum atomic E-state index is 15.3. The van der Waals surface area contributed by atoms with Crippen molar-refractivity contribution in [3.05, 3.63) is 93.5 Å². The van der Waals surface area contributed by atoms with Crippen molar-refractivity contribution in [3.63, 3.8) is 0 Å². The first-order valence-corrected chi connectivity index (χ1v) is 18.9. The molecular formula is C38H42Cl2FN5O5S. The first kappa shape index (κ1) is 39.1. The van der Waals surface area contributed by atoms with Gasteiger partial charge >= 0.3 is 5.97 Å². The largest absolute Gasteiger partial charge is 0.493 e. The highest BCUT2D eigenvalue weighted by molar-refractivity contribution is 7.99. The number of nitrogens with one attached hydrogen (secondary N) is 1. The number of hydrogen-bond donors (Lipinski definition) is 2. The van der Waals surface area contributed by atoms with E-state index in [1.807, 2.05) is 54.4 Å². The van der Waals surface area contributed by atoms with Gasteiger partial charge in [0.25, 0.3) is 5.91 Å². The number of halogens is 3. The van der Waals surface area contributed by atoms with Gasteiger partial charge in [0.05, 0.1) is 31.1 Å². The monoisotopic (exact) mass is 769 g/mol. The average Bonchev–Trinajstić information content (AvgIpc) is 3.59. The number of amides is 2. The fraction of sp³-hybridized carbons (Fsp3) is 0.368. The van der Waals surface area contributed by atoms with Gasteiger partial charge in [-0.15, -0.1) is 11.8 Å². The van der Waals surface area contributed by atoms with Gasteiger partial charge in [-0.1, -0.05) is 41.4 Å². The Morgan fingerprint density at radius 2 is 1.88 bits per heavy atom. The average molecular weight is 771 g/mol. The number of ether oxygens (including phenoxy) is 2. The van der Waals surface area contributed by atoms with Crippen LogP contribution in [0, 0.1) is 12.7 Å². The number of hydrogen-bond acceptors (Lipinski definition) is 8. The molecule has 52 heavy (non-hydrogen) atoms. The molecule has 276 valence electrons. The third-order valence-corrected chi connectivity index (χ3v) is 10.3. The fourth-order valence-corrected chi connectivity index (χ4v) is 7.30. The van der Waals surface area contributed by atoms with Crippen molar-refractivity contribution in [3.8, 4) is 16.9 Å². The smallest absolute Gasteiger partial charge is 0.323 e. The van der Waals surface area contributed by atoms with Crippen LogP contribution in [0.3, 0.4) is 0 Å². The summed E-state index contributed by atoms with van der Waals surface area (Å²) in [6, 6.07) is 13.1. The highest BCUT2D eigenvalue weighted by Gasteiger charge is 2.26. The van der Waals surface area contributed by atoms with Crippen LogP contribution >= 0.6 is 35.0 Å². The standard InChI is InChI=1S/C38H42Cl2FN5O5S/c1-23(2)51-38(49)32(42)10-6-14-43-37(48)25-18-30(40)28(31(41)19-25)22-45-21-26(20-44-45)27-8-4-11-33-36(27)52-17-15-46(33)35(47)13-7-16-50-34-12-5-9-29(39)24(34)3/h4-5,8-9,11-12,18-21,23,32H,6-7,10,13-17,22,42H2,1-3H3,(H,43,48)/t32-/m0/s1. The van der Waals surface area contributed by atoms with Gasteiger partial charge < -0.3 is 25.4 Å². The van der Waals surface area contributed by atoms with Crippen LogP contribution in [0.15, 0.2) is 65.8 Å². The second-order valence-electron chi connectivity index (χ2n) is 12.7. The summed E-state index contributed by atoms with van der Waals surface area (Å²) in [5.74, 6) is -0.142. The number of carbonyl (C=O) groups excluding carboxylic acids is 3. The van der Waals surface area contributed by atoms with Gasteiger partial charge in [0.1, 0.15) is 17.6 Å². The second kappa shape index (κ2) is 18.1. The number of benzene rings is 3. The van der Waals surface area contributed by atoms with E-state index in [2.05, 4.69) is 10.4 Å². The molecule has 10 nitrogen and oxygen atoms in total. The molecule has 0 radical (unpaired) electrons. The predicted molar refractivity (Wildman–Crippen MR) is 203 cm³/mol. The molecule has 0 bridgehead atoms. The van der Waals surface area contributed by atoms with Gasteiger partial charge in [0.15, 0.2) is 0 Å². The molecule has 1 aliphatic heterocycles. The van der Waals surface area contributed by atoms with Crippen LogP contribution in [0.25, 0.3) is 11.1 Å². The van der Waals surface area contributed by atoms with Gasteiger partial charge in [-0.05, 0) is 70.4 Å². The highest BCUT2D eigenvalue weighted by atomic mass is 35.5. The van der Waals surface area contributed by atoms with Crippen molar-refractivity contribution in [2.45, 2.75) is 70.0 Å². The lowest BCUT2D eigenvalue weighted by molar-refractivity contribution is -0.149. The predicted octanol–water partition coefficient (Wildman–Crippen LogP) is 7.44. The van der Waals surface area contributed by atoms with Crippen LogP contribution in [-0.2, 0) is 20.9 Å². The Bertz CT molecular complexity index is 1900. The second-order valence-corrected chi connectivity index (χ2v) is 14.6. The van der Waals surface area contributed by atoms with Crippen LogP contribution in [0.1, 0.15) is 61.0 Å². The molecule has 1 aromatic heterocycles. The Kier molecular flexibility index (Phi) is 13.6. The zero-order valence-corrected chi connectivity index (χ0v) is 31.6. The number of thioether (sulfide) groups is 1. The Hall–Kier alpha value is -4.10. The number of aromatic nitrogens is 2. The van der Waals surface area contributed by atoms with Crippen LogP contribution in [0.5, 0.6) is 5.75 Å². The fourth-order valence-electron chi connectivity index (χ4n) is 5.72. The Morgan fingerprint density at radius 1 is 1.10 bits per heavy atom. The molecule has 0 aliphatic carbocycles. The number of rotatable bonds is 15. The Balaban J connectivity index is 1.18. The van der Waals surface area contributed by atoms with E-state index in [1.165, 1.54) is 6.07 Å². The molecule has 1 atom stereocenters. The lowest BCUT2D eigenvalue weighted by Crippen LogP contribution is -2.35. The number of nitrogens with two attached hydrogens (primary N) is 1. The summed E-state index contributed by atoms with van der Waals surface area (Å²) in [5.41, 5.74) is 9.57. The minimum Gasteiger partial charge on any atom is -0.493 e. The first-order valence-electron chi connectivity index (χ1n) is 17.1. The molecule has 1 aliphatic rings. The molecule has 3 N–H and O–H groups in total. The summed E-state index contributed by atoms with van der Waals surface area (Å²) < 4.78 is 27.9. The van der Waals surface area contributed by atoms with Crippen molar-refractivity contribution in [2.75, 3.05) is 30.3 Å². The molecule has 4 aromatic rings. The molecule has 2 amide bonds. The summed E-state index contributed by atoms with van der Waals surface area (Å²) in [7, 11) is 0. The topological polar surface area (TPSA) is 129 Å². The van der Waals surface area contributed by atoms with E-state index < -0.39 is 23.7 Å². The van der Waals surface area contributed by atoms with Crippen molar-refractivity contribution in [2.24, 2.45) is 5.73 Å².